The van der Waals surface area contributed by atoms with Crippen LogP contribution in [0.3, 0.4) is 0 Å². The number of nitrogens with one attached hydrogen (secondary N) is 3. The summed E-state index contributed by atoms with van der Waals surface area (Å²) < 4.78 is 27.0. The van der Waals surface area contributed by atoms with E-state index >= 15 is 0 Å². The Hall–Kier alpha value is -2.83. The molecule has 2 atom stereocenters. The molecule has 6 heteroatoms. The van der Waals surface area contributed by atoms with E-state index in [1.165, 1.54) is 0 Å². The van der Waals surface area contributed by atoms with Gasteiger partial charge in [-0.25, -0.2) is 19.6 Å². The fourth-order valence-corrected chi connectivity index (χ4v) is 3.30. The van der Waals surface area contributed by atoms with Gasteiger partial charge in [0.15, 0.2) is 0 Å². The summed E-state index contributed by atoms with van der Waals surface area (Å²) in [5.41, 5.74) is 7.00. The number of carbonyl (C=O) groups is 1. The molecule has 1 aliphatic heterocycles. The highest BCUT2D eigenvalue weighted by Crippen LogP contribution is 2.29. The molecule has 3 N–H and O–H groups in total. The first kappa shape index (κ1) is 16.6. The van der Waals surface area contributed by atoms with Crippen LogP contribution >= 0.6 is 0 Å². The van der Waals surface area contributed by atoms with Crippen molar-refractivity contribution in [1.29, 1.82) is 0 Å². The van der Waals surface area contributed by atoms with Crippen molar-refractivity contribution in [3.63, 3.8) is 0 Å². The van der Waals surface area contributed by atoms with Gasteiger partial charge in [-0.2, -0.15) is 0 Å². The highest BCUT2D eigenvalue weighted by atomic mass is 19.1. The van der Waals surface area contributed by atoms with Crippen LogP contribution in [0.1, 0.15) is 18.0 Å². The van der Waals surface area contributed by atoms with E-state index in [1.807, 2.05) is 42.5 Å². The number of carbonyl (C=O) groups excluding carboxylic acids is 1. The Labute approximate surface area is 149 Å². The van der Waals surface area contributed by atoms with Gasteiger partial charge in [-0.15, -0.1) is 0 Å². The van der Waals surface area contributed by atoms with Gasteiger partial charge in [-0.05, 0) is 34.9 Å². The van der Waals surface area contributed by atoms with Crippen molar-refractivity contribution in [2.75, 3.05) is 5.32 Å². The first-order chi connectivity index (χ1) is 12.6. The van der Waals surface area contributed by atoms with Crippen LogP contribution in [-0.4, -0.2) is 11.9 Å². The molecule has 0 aromatic heterocycles. The fourth-order valence-electron chi connectivity index (χ4n) is 3.30. The second kappa shape index (κ2) is 6.82. The largest absolute Gasteiger partial charge is 0.322 e. The van der Waals surface area contributed by atoms with Crippen molar-refractivity contribution in [3.8, 4) is 0 Å². The molecule has 26 heavy (non-hydrogen) atoms. The topological polar surface area (TPSA) is 53.2 Å². The minimum Gasteiger partial charge on any atom is -0.322 e. The number of fused-ring (bicyclic) bond motifs is 1. The van der Waals surface area contributed by atoms with E-state index in [9.17, 15) is 13.6 Å². The molecule has 1 heterocycles. The van der Waals surface area contributed by atoms with E-state index < -0.39 is 23.6 Å². The average Bonchev–Trinajstić information content (AvgIpc) is 3.14. The van der Waals surface area contributed by atoms with E-state index in [2.05, 4.69) is 16.2 Å². The van der Waals surface area contributed by atoms with Crippen molar-refractivity contribution in [3.05, 3.63) is 77.9 Å². The van der Waals surface area contributed by atoms with E-state index in [0.29, 0.717) is 6.42 Å². The molecule has 0 saturated carbocycles. The highest BCUT2D eigenvalue weighted by Gasteiger charge is 2.31. The van der Waals surface area contributed by atoms with Gasteiger partial charge >= 0.3 is 0 Å². The maximum Gasteiger partial charge on any atom is 0.243 e. The van der Waals surface area contributed by atoms with Gasteiger partial charge < -0.3 is 5.32 Å². The van der Waals surface area contributed by atoms with Crippen LogP contribution in [0.2, 0.25) is 0 Å². The molecule has 0 spiro atoms. The minimum atomic E-state index is -0.670. The lowest BCUT2D eigenvalue weighted by Crippen LogP contribution is -2.39. The predicted octanol–water partition coefficient (Wildman–Crippen LogP) is 3.66. The number of hydrazine groups is 1. The molecule has 3 aromatic carbocycles. The quantitative estimate of drug-likeness (QED) is 0.674. The Morgan fingerprint density at radius 2 is 1.81 bits per heavy atom. The lowest BCUT2D eigenvalue weighted by Gasteiger charge is -2.13. The van der Waals surface area contributed by atoms with Crippen molar-refractivity contribution < 1.29 is 13.6 Å². The summed E-state index contributed by atoms with van der Waals surface area (Å²) in [6.07, 6.45) is 0.497. The zero-order chi connectivity index (χ0) is 18.1. The summed E-state index contributed by atoms with van der Waals surface area (Å²) in [4.78, 5) is 12.4. The van der Waals surface area contributed by atoms with Crippen molar-refractivity contribution >= 4 is 22.4 Å². The van der Waals surface area contributed by atoms with Crippen LogP contribution in [0.4, 0.5) is 14.5 Å². The number of halogens is 2. The maximum atomic E-state index is 13.7. The molecule has 1 saturated heterocycles. The molecule has 4 rings (SSSR count). The molecular weight excluding hydrogens is 336 g/mol. The van der Waals surface area contributed by atoms with Crippen LogP contribution < -0.4 is 16.2 Å². The number of amides is 1. The molecular formula is C20H17F2N3O. The van der Waals surface area contributed by atoms with E-state index in [0.717, 1.165) is 34.5 Å². The van der Waals surface area contributed by atoms with Gasteiger partial charge in [0.2, 0.25) is 5.91 Å². The lowest BCUT2D eigenvalue weighted by atomic mass is 9.96. The molecule has 0 aliphatic carbocycles. The van der Waals surface area contributed by atoms with Crippen LogP contribution in [0.5, 0.6) is 0 Å². The standard InChI is InChI=1S/C20H17F2N3O/c21-13-8-9-16(22)18(10-13)23-20(26)19-11-17(24-25-19)15-7-3-5-12-4-1-2-6-14(12)15/h1-10,17,19,24-25H,11H2,(H,23,26). The van der Waals surface area contributed by atoms with Gasteiger partial charge in [-0.1, -0.05) is 42.5 Å². The maximum absolute atomic E-state index is 13.7. The van der Waals surface area contributed by atoms with Crippen molar-refractivity contribution in [1.82, 2.24) is 10.9 Å². The summed E-state index contributed by atoms with van der Waals surface area (Å²) >= 11 is 0. The summed E-state index contributed by atoms with van der Waals surface area (Å²) in [5, 5.41) is 4.69. The highest BCUT2D eigenvalue weighted by molar-refractivity contribution is 5.95. The van der Waals surface area contributed by atoms with Crippen molar-refractivity contribution in [2.45, 2.75) is 18.5 Å². The van der Waals surface area contributed by atoms with Gasteiger partial charge in [0.25, 0.3) is 0 Å². The minimum absolute atomic E-state index is 0.0609. The van der Waals surface area contributed by atoms with E-state index in [1.54, 1.807) is 0 Å². The van der Waals surface area contributed by atoms with Gasteiger partial charge in [-0.3, -0.25) is 4.79 Å². The smallest absolute Gasteiger partial charge is 0.243 e. The zero-order valence-electron chi connectivity index (χ0n) is 13.8. The number of anilines is 1. The molecule has 0 radical (unpaired) electrons. The Kier molecular flexibility index (Phi) is 4.36. The number of hydrogen-bond acceptors (Lipinski definition) is 3. The Balaban J connectivity index is 1.51. The molecule has 1 fully saturated rings. The molecule has 4 nitrogen and oxygen atoms in total. The summed E-state index contributed by atoms with van der Waals surface area (Å²) in [7, 11) is 0. The number of rotatable bonds is 3. The third-order valence-corrected chi connectivity index (χ3v) is 4.60. The van der Waals surface area contributed by atoms with Crippen LogP contribution in [0.25, 0.3) is 10.8 Å². The second-order valence-electron chi connectivity index (χ2n) is 6.31. The SMILES string of the molecule is O=C(Nc1cc(F)ccc1F)C1CC(c2cccc3ccccc23)NN1. The first-order valence-electron chi connectivity index (χ1n) is 8.36. The Morgan fingerprint density at radius 3 is 2.69 bits per heavy atom. The summed E-state index contributed by atoms with van der Waals surface area (Å²) in [5.74, 6) is -1.69. The van der Waals surface area contributed by atoms with Gasteiger partial charge in [0.1, 0.15) is 17.7 Å². The fraction of sp³-hybridized carbons (Fsp3) is 0.150. The Bertz CT molecular complexity index is 971. The van der Waals surface area contributed by atoms with Crippen LogP contribution in [0.15, 0.2) is 60.7 Å². The summed E-state index contributed by atoms with van der Waals surface area (Å²) in [6, 6.07) is 16.4. The Morgan fingerprint density at radius 1 is 1.00 bits per heavy atom. The van der Waals surface area contributed by atoms with E-state index in [4.69, 9.17) is 0 Å². The average molecular weight is 353 g/mol. The lowest BCUT2D eigenvalue weighted by molar-refractivity contribution is -0.117. The van der Waals surface area contributed by atoms with Crippen LogP contribution in [-0.2, 0) is 4.79 Å². The van der Waals surface area contributed by atoms with Crippen molar-refractivity contribution in [2.24, 2.45) is 0 Å². The molecule has 132 valence electrons. The first-order valence-corrected chi connectivity index (χ1v) is 8.36. The summed E-state index contributed by atoms with van der Waals surface area (Å²) in [6.45, 7) is 0. The number of benzene rings is 3. The molecule has 1 aliphatic rings. The molecule has 3 aromatic rings. The number of hydrogen-bond donors (Lipinski definition) is 3. The van der Waals surface area contributed by atoms with Gasteiger partial charge in [0, 0.05) is 12.1 Å². The van der Waals surface area contributed by atoms with Gasteiger partial charge in [0.05, 0.1) is 5.69 Å². The normalized spacial score (nSPS) is 19.6. The van der Waals surface area contributed by atoms with E-state index in [-0.39, 0.29) is 11.7 Å². The zero-order valence-corrected chi connectivity index (χ0v) is 13.8. The molecule has 2 unspecified atom stereocenters. The van der Waals surface area contributed by atoms with Crippen LogP contribution in [0, 0.1) is 11.6 Å². The molecule has 0 bridgehead atoms. The molecule has 1 amide bonds. The monoisotopic (exact) mass is 353 g/mol. The second-order valence-corrected chi connectivity index (χ2v) is 6.31. The third-order valence-electron chi connectivity index (χ3n) is 4.60. The third kappa shape index (κ3) is 3.16. The predicted molar refractivity (Wildman–Crippen MR) is 96.4 cm³/mol.